The average molecular weight is 1210 g/mol. The van der Waals surface area contributed by atoms with Gasteiger partial charge in [-0.25, -0.2) is 28.7 Å². The van der Waals surface area contributed by atoms with Crippen molar-refractivity contribution in [1.29, 1.82) is 0 Å². The van der Waals surface area contributed by atoms with Crippen molar-refractivity contribution in [2.45, 2.75) is 114 Å². The zero-order chi connectivity index (χ0) is 57.1. The van der Waals surface area contributed by atoms with Gasteiger partial charge in [-0.1, -0.05) is 29.5 Å². The summed E-state index contributed by atoms with van der Waals surface area (Å²) in [4.78, 5) is 109. The fraction of sp³-hybridized carbons (Fsp3) is 0.540. The van der Waals surface area contributed by atoms with Crippen LogP contribution in [-0.2, 0) is 60.7 Å². The van der Waals surface area contributed by atoms with Crippen LogP contribution in [-0.4, -0.2) is 173 Å². The van der Waals surface area contributed by atoms with E-state index >= 15 is 0 Å². The van der Waals surface area contributed by atoms with Gasteiger partial charge in [-0.15, -0.1) is 5.10 Å². The molecule has 0 aliphatic rings. The molecule has 3 aromatic rings. The van der Waals surface area contributed by atoms with Crippen molar-refractivity contribution >= 4 is 81.9 Å². The minimum Gasteiger partial charge on any atom is -0.481 e. The second kappa shape index (κ2) is 37.7. The highest BCUT2D eigenvalue weighted by molar-refractivity contribution is 14.1. The number of rotatable bonds is 41. The van der Waals surface area contributed by atoms with Gasteiger partial charge in [0.05, 0.1) is 58.8 Å². The lowest BCUT2D eigenvalue weighted by Crippen LogP contribution is -2.51. The van der Waals surface area contributed by atoms with Gasteiger partial charge in [0.2, 0.25) is 17.7 Å². The third-order valence-corrected chi connectivity index (χ3v) is 12.1. The van der Waals surface area contributed by atoms with E-state index in [9.17, 15) is 58.5 Å². The molecule has 7 amide bonds. The van der Waals surface area contributed by atoms with Crippen LogP contribution in [0, 0.1) is 3.57 Å². The van der Waals surface area contributed by atoms with Crippen LogP contribution in [0.4, 0.5) is 15.3 Å². The molecule has 2 aromatic carbocycles. The summed E-state index contributed by atoms with van der Waals surface area (Å²) in [7, 11) is 0. The summed E-state index contributed by atoms with van der Waals surface area (Å²) in [5, 5.41) is 63.3. The lowest BCUT2D eigenvalue weighted by atomic mass is 10.1. The largest absolute Gasteiger partial charge is 0.481 e. The number of hydrogen-bond donors (Lipinski definition) is 12. The lowest BCUT2D eigenvalue weighted by Gasteiger charge is -2.21. The van der Waals surface area contributed by atoms with Gasteiger partial charge >= 0.3 is 35.9 Å². The molecule has 27 nitrogen and oxygen atoms in total. The molecule has 0 aliphatic heterocycles. The van der Waals surface area contributed by atoms with E-state index in [1.807, 2.05) is 24.3 Å². The van der Waals surface area contributed by atoms with Crippen molar-refractivity contribution < 1.29 is 77.8 Å². The quantitative estimate of drug-likeness (QED) is 0.0286. The maximum atomic E-state index is 13.2. The van der Waals surface area contributed by atoms with Crippen molar-refractivity contribution in [3.05, 3.63) is 63.9 Å². The maximum absolute atomic E-state index is 13.2. The third kappa shape index (κ3) is 28.4. The lowest BCUT2D eigenvalue weighted by molar-refractivity contribution is -0.142. The number of ether oxygens (including phenoxy) is 3. The van der Waals surface area contributed by atoms with Gasteiger partial charge in [0, 0.05) is 40.8 Å². The minimum atomic E-state index is -1.52. The summed E-state index contributed by atoms with van der Waals surface area (Å²) in [6, 6.07) is 7.93. The number of nitrogens with zero attached hydrogens (tertiary/aromatic N) is 3. The number of carbonyl (C=O) groups excluding carboxylic acids is 5. The molecule has 0 saturated heterocycles. The van der Waals surface area contributed by atoms with E-state index in [1.165, 1.54) is 0 Å². The number of unbranched alkanes of at least 4 members (excludes halogenated alkanes) is 3. The van der Waals surface area contributed by atoms with Crippen LogP contribution in [0.25, 0.3) is 11.3 Å². The van der Waals surface area contributed by atoms with Crippen LogP contribution < -0.4 is 43.0 Å². The van der Waals surface area contributed by atoms with Gasteiger partial charge in [-0.2, -0.15) is 0 Å². The Morgan fingerprint density at radius 1 is 0.603 bits per heavy atom. The topological polar surface area (TPSA) is 403 Å². The first kappa shape index (κ1) is 65.3. The number of carboxylic acid groups (broad SMARTS) is 4. The summed E-state index contributed by atoms with van der Waals surface area (Å²) < 4.78 is 19.4. The number of amides is 7. The summed E-state index contributed by atoms with van der Waals surface area (Å²) in [6.07, 6.45) is 4.15. The molecule has 0 radical (unpaired) electrons. The first-order valence-electron chi connectivity index (χ1n) is 25.5. The van der Waals surface area contributed by atoms with Crippen LogP contribution >= 0.6 is 22.6 Å². The van der Waals surface area contributed by atoms with E-state index in [0.29, 0.717) is 75.3 Å². The summed E-state index contributed by atoms with van der Waals surface area (Å²) >= 11 is 2.19. The highest BCUT2D eigenvalue weighted by atomic mass is 127. The van der Waals surface area contributed by atoms with E-state index in [0.717, 1.165) is 9.13 Å². The molecular weight excluding hydrogens is 1140 g/mol. The first-order chi connectivity index (χ1) is 37.4. The molecule has 0 bridgehead atoms. The standard InChI is InChI=1S/C50H72IN11O16/c51-35-15-13-33(14-16-35)30-43(64)53-21-5-2-11-38(46(68)69)57-45(67)37(10-1-4-20-52)56-42(63)19-24-76-26-28-78-29-27-77-25-23-62-32-41(60-61-62)34-8-7-9-36(31-34)55-49(74)54-22-6-3-12-39(47(70)71)58-50(75)59-40(48(72)73)17-18-44(65)66/h7-9,13-16,31-32,37-40H,1-6,10-12,17-30,52H2,(H,53,64)(H,56,63)(H,57,67)(H,65,66)(H,68,69)(H,70,71)(H,72,73)(H2,54,55,74)(H2,58,59,75). The van der Waals surface area contributed by atoms with Crippen molar-refractivity contribution in [2.75, 3.05) is 64.6 Å². The van der Waals surface area contributed by atoms with Gasteiger partial charge in [0.15, 0.2) is 0 Å². The zero-order valence-corrected chi connectivity index (χ0v) is 45.4. The summed E-state index contributed by atoms with van der Waals surface area (Å²) in [5.74, 6) is -6.46. The average Bonchev–Trinajstić information content (AvgIpc) is 3.88. The number of urea groups is 2. The number of carboxylic acids is 4. The van der Waals surface area contributed by atoms with Crippen LogP contribution in [0.2, 0.25) is 0 Å². The van der Waals surface area contributed by atoms with Crippen LogP contribution in [0.3, 0.4) is 0 Å². The fourth-order valence-electron chi connectivity index (χ4n) is 7.26. The van der Waals surface area contributed by atoms with Gasteiger partial charge in [-0.05, 0) is 123 Å². The maximum Gasteiger partial charge on any atom is 0.326 e. The van der Waals surface area contributed by atoms with Crippen molar-refractivity contribution in [3.63, 3.8) is 0 Å². The van der Waals surface area contributed by atoms with Gasteiger partial charge < -0.3 is 77.6 Å². The van der Waals surface area contributed by atoms with Crippen LogP contribution in [0.5, 0.6) is 0 Å². The number of hydrogen-bond acceptors (Lipinski definition) is 15. The Balaban J connectivity index is 1.26. The summed E-state index contributed by atoms with van der Waals surface area (Å²) in [6.45, 7) is 2.71. The monoisotopic (exact) mass is 1210 g/mol. The molecule has 0 aliphatic carbocycles. The number of benzene rings is 2. The number of nitrogens with two attached hydrogens (primary N) is 1. The number of anilines is 1. The normalized spacial score (nSPS) is 12.5. The molecule has 0 fully saturated rings. The summed E-state index contributed by atoms with van der Waals surface area (Å²) in [5.41, 5.74) is 8.21. The molecule has 3 rings (SSSR count). The van der Waals surface area contributed by atoms with E-state index in [2.05, 4.69) is 70.1 Å². The second-order valence-electron chi connectivity index (χ2n) is 17.7. The molecule has 1 aromatic heterocycles. The molecule has 0 saturated carbocycles. The zero-order valence-electron chi connectivity index (χ0n) is 43.3. The van der Waals surface area contributed by atoms with Gasteiger partial charge in [0.1, 0.15) is 29.9 Å². The Hall–Kier alpha value is -7.02. The number of halogens is 1. The van der Waals surface area contributed by atoms with E-state index in [-0.39, 0.29) is 90.4 Å². The number of carbonyl (C=O) groups is 9. The molecular formula is C50H72IN11O16. The highest BCUT2D eigenvalue weighted by Crippen LogP contribution is 2.20. The predicted molar refractivity (Wildman–Crippen MR) is 289 cm³/mol. The second-order valence-corrected chi connectivity index (χ2v) is 18.9. The highest BCUT2D eigenvalue weighted by Gasteiger charge is 2.27. The molecule has 4 unspecified atom stereocenters. The van der Waals surface area contributed by atoms with Crippen molar-refractivity contribution in [2.24, 2.45) is 5.73 Å². The molecule has 13 N–H and O–H groups in total. The Labute approximate surface area is 464 Å². The van der Waals surface area contributed by atoms with E-state index in [4.69, 9.17) is 25.1 Å². The molecule has 430 valence electrons. The third-order valence-electron chi connectivity index (χ3n) is 11.4. The molecule has 0 spiro atoms. The SMILES string of the molecule is NCCCCC(NC(=O)CCOCCOCCOCCn1cc(-c2cccc(NC(=O)NCCCCC(NC(=O)NC(CCC(=O)O)C(=O)O)C(=O)O)c2)nn1)C(=O)NC(CCCCNC(=O)Cc1ccc(I)cc1)C(=O)O. The first-order valence-corrected chi connectivity index (χ1v) is 26.6. The smallest absolute Gasteiger partial charge is 0.326 e. The fourth-order valence-corrected chi connectivity index (χ4v) is 7.62. The molecule has 28 heteroatoms. The van der Waals surface area contributed by atoms with Crippen molar-refractivity contribution in [3.8, 4) is 11.3 Å². The van der Waals surface area contributed by atoms with Gasteiger partial charge in [-0.3, -0.25) is 19.2 Å². The van der Waals surface area contributed by atoms with Gasteiger partial charge in [0.25, 0.3) is 0 Å². The van der Waals surface area contributed by atoms with Crippen molar-refractivity contribution in [1.82, 2.24) is 46.9 Å². The number of aromatic nitrogens is 3. The molecule has 4 atom stereocenters. The Morgan fingerprint density at radius 2 is 1.18 bits per heavy atom. The number of aliphatic carboxylic acids is 4. The molecule has 78 heavy (non-hydrogen) atoms. The Bertz CT molecular complexity index is 2380. The van der Waals surface area contributed by atoms with E-state index in [1.54, 1.807) is 35.1 Å². The Morgan fingerprint density at radius 3 is 1.81 bits per heavy atom. The van der Waals surface area contributed by atoms with Crippen LogP contribution in [0.1, 0.15) is 82.6 Å². The number of nitrogens with one attached hydrogen (secondary N) is 7. The predicted octanol–water partition coefficient (Wildman–Crippen LogP) is 2.06. The Kier molecular flexibility index (Phi) is 31.5. The van der Waals surface area contributed by atoms with Crippen LogP contribution in [0.15, 0.2) is 54.7 Å². The van der Waals surface area contributed by atoms with E-state index < -0.39 is 78.3 Å². The minimum absolute atomic E-state index is 0.0247. The molecule has 1 heterocycles.